The van der Waals surface area contributed by atoms with Crippen molar-refractivity contribution in [2.24, 2.45) is 0 Å². The molecule has 3 rings (SSSR count). The minimum atomic E-state index is -0.814. The maximum Gasteiger partial charge on any atom is 0.268 e. The van der Waals surface area contributed by atoms with E-state index >= 15 is 0 Å². The predicted molar refractivity (Wildman–Crippen MR) is 120 cm³/mol. The van der Waals surface area contributed by atoms with Gasteiger partial charge in [-0.25, -0.2) is 4.39 Å². The van der Waals surface area contributed by atoms with Gasteiger partial charge in [-0.1, -0.05) is 12.1 Å². The van der Waals surface area contributed by atoms with Crippen LogP contribution in [0.2, 0.25) is 0 Å². The van der Waals surface area contributed by atoms with Crippen molar-refractivity contribution in [2.75, 3.05) is 34.4 Å². The van der Waals surface area contributed by atoms with Crippen molar-refractivity contribution in [1.29, 1.82) is 0 Å². The number of carbonyl (C=O) groups is 2. The van der Waals surface area contributed by atoms with Crippen molar-refractivity contribution in [1.82, 2.24) is 19.8 Å². The van der Waals surface area contributed by atoms with Crippen molar-refractivity contribution in [2.45, 2.75) is 13.0 Å². The van der Waals surface area contributed by atoms with E-state index in [-0.39, 0.29) is 42.5 Å². The number of amides is 2. The molecule has 10 heteroatoms. The van der Waals surface area contributed by atoms with Gasteiger partial charge in [0.2, 0.25) is 5.91 Å². The van der Waals surface area contributed by atoms with E-state index in [0.29, 0.717) is 12.0 Å². The molecule has 2 heterocycles. The zero-order chi connectivity index (χ0) is 24.1. The molecule has 0 atom stereocenters. The first-order chi connectivity index (χ1) is 15.7. The highest BCUT2D eigenvalue weighted by Gasteiger charge is 2.24. The lowest BCUT2D eigenvalue weighted by Gasteiger charge is -2.17. The molecule has 0 fully saturated rings. The number of methoxy groups -OCH3 is 1. The number of nitrogens with one attached hydrogen (secondary N) is 1. The number of rotatable bonds is 8. The quantitative estimate of drug-likeness (QED) is 0.494. The molecule has 0 bridgehead atoms. The van der Waals surface area contributed by atoms with E-state index in [1.807, 2.05) is 0 Å². The van der Waals surface area contributed by atoms with Gasteiger partial charge in [0, 0.05) is 33.9 Å². The second-order valence-corrected chi connectivity index (χ2v) is 7.67. The van der Waals surface area contributed by atoms with Crippen molar-refractivity contribution >= 4 is 22.8 Å². The maximum absolute atomic E-state index is 13.2. The fraction of sp³-hybridized carbons (Fsp3) is 0.304. The number of benzene rings is 1. The molecular formula is C23H25FN4O5. The second kappa shape index (κ2) is 10.2. The van der Waals surface area contributed by atoms with Crippen LogP contribution < -0.4 is 10.9 Å². The fourth-order valence-electron chi connectivity index (χ4n) is 3.28. The SMILES string of the molecule is COCCNC(=O)c1c(O)c2ncc(Cc3ccc(F)cc3)cc2n(CC(=O)N(C)C)c1=O. The maximum atomic E-state index is 13.2. The summed E-state index contributed by atoms with van der Waals surface area (Å²) < 4.78 is 19.2. The first-order valence-electron chi connectivity index (χ1n) is 10.2. The second-order valence-electron chi connectivity index (χ2n) is 7.67. The summed E-state index contributed by atoms with van der Waals surface area (Å²) in [5.41, 5.74) is 0.405. The molecule has 2 amide bonds. The van der Waals surface area contributed by atoms with Crippen molar-refractivity contribution in [3.8, 4) is 5.75 Å². The molecule has 0 aliphatic heterocycles. The van der Waals surface area contributed by atoms with E-state index in [1.54, 1.807) is 32.3 Å². The molecule has 0 saturated heterocycles. The average Bonchev–Trinajstić information content (AvgIpc) is 2.78. The molecule has 0 radical (unpaired) electrons. The van der Waals surface area contributed by atoms with Crippen LogP contribution in [0, 0.1) is 5.82 Å². The number of ether oxygens (including phenoxy) is 1. The van der Waals surface area contributed by atoms with E-state index in [9.17, 15) is 23.9 Å². The first kappa shape index (κ1) is 23.9. The number of hydrogen-bond donors (Lipinski definition) is 2. The van der Waals surface area contributed by atoms with Gasteiger partial charge in [0.05, 0.1) is 12.1 Å². The van der Waals surface area contributed by atoms with Gasteiger partial charge in [-0.2, -0.15) is 0 Å². The van der Waals surface area contributed by atoms with E-state index < -0.39 is 22.8 Å². The number of nitrogens with zero attached hydrogens (tertiary/aromatic N) is 3. The van der Waals surface area contributed by atoms with Crippen molar-refractivity contribution in [3.63, 3.8) is 0 Å². The summed E-state index contributed by atoms with van der Waals surface area (Å²) in [7, 11) is 4.56. The summed E-state index contributed by atoms with van der Waals surface area (Å²) in [6.45, 7) is 0.00788. The molecule has 0 saturated carbocycles. The Bertz CT molecular complexity index is 1240. The Balaban J connectivity index is 2.13. The topological polar surface area (TPSA) is 114 Å². The number of hydrogen-bond acceptors (Lipinski definition) is 6. The standard InChI is InChI=1S/C23H25FN4O5/c1-27(2)18(29)13-28-17-11-15(10-14-4-6-16(24)7-5-14)12-26-20(17)21(30)19(23(28)32)22(31)25-8-9-33-3/h4-7,11-12,30H,8-10,13H2,1-3H3,(H,25,31). The normalized spacial score (nSPS) is 10.9. The van der Waals surface area contributed by atoms with Gasteiger partial charge >= 0.3 is 0 Å². The van der Waals surface area contributed by atoms with E-state index in [4.69, 9.17) is 4.74 Å². The highest BCUT2D eigenvalue weighted by Crippen LogP contribution is 2.26. The number of fused-ring (bicyclic) bond motifs is 1. The molecule has 0 aliphatic carbocycles. The number of likely N-dealkylation sites (N-methyl/N-ethyl adjacent to an activating group) is 1. The van der Waals surface area contributed by atoms with E-state index in [1.165, 1.54) is 30.3 Å². The van der Waals surface area contributed by atoms with E-state index in [2.05, 4.69) is 10.3 Å². The van der Waals surface area contributed by atoms with Gasteiger partial charge in [0.15, 0.2) is 5.75 Å². The summed E-state index contributed by atoms with van der Waals surface area (Å²) in [5.74, 6) is -2.09. The monoisotopic (exact) mass is 456 g/mol. The highest BCUT2D eigenvalue weighted by atomic mass is 19.1. The van der Waals surface area contributed by atoms with Gasteiger partial charge in [-0.05, 0) is 35.7 Å². The Hall–Kier alpha value is -3.79. The van der Waals surface area contributed by atoms with Crippen LogP contribution in [0.25, 0.3) is 11.0 Å². The smallest absolute Gasteiger partial charge is 0.268 e. The van der Waals surface area contributed by atoms with Crippen LogP contribution >= 0.6 is 0 Å². The third-order valence-corrected chi connectivity index (χ3v) is 5.07. The largest absolute Gasteiger partial charge is 0.505 e. The van der Waals surface area contributed by atoms with Crippen molar-refractivity contribution < 1.29 is 23.8 Å². The molecule has 0 spiro atoms. The summed E-state index contributed by atoms with van der Waals surface area (Å²) in [5, 5.41) is 13.2. The Labute approximate surface area is 189 Å². The Morgan fingerprint density at radius 3 is 2.55 bits per heavy atom. The van der Waals surface area contributed by atoms with Crippen LogP contribution in [-0.2, 0) is 22.5 Å². The lowest BCUT2D eigenvalue weighted by molar-refractivity contribution is -0.129. The molecule has 3 aromatic rings. The van der Waals surface area contributed by atoms with Gasteiger partial charge in [-0.3, -0.25) is 23.9 Å². The summed E-state index contributed by atoms with van der Waals surface area (Å²) in [4.78, 5) is 43.8. The lowest BCUT2D eigenvalue weighted by atomic mass is 10.1. The van der Waals surface area contributed by atoms with Crippen LogP contribution in [0.5, 0.6) is 5.75 Å². The molecule has 174 valence electrons. The fourth-order valence-corrected chi connectivity index (χ4v) is 3.28. The third-order valence-electron chi connectivity index (χ3n) is 5.07. The van der Waals surface area contributed by atoms with Crippen LogP contribution in [0.15, 0.2) is 41.3 Å². The Kier molecular flexibility index (Phi) is 7.39. The van der Waals surface area contributed by atoms with Crippen LogP contribution in [0.4, 0.5) is 4.39 Å². The predicted octanol–water partition coefficient (Wildman–Crippen LogP) is 1.30. The van der Waals surface area contributed by atoms with Gasteiger partial charge in [0.1, 0.15) is 23.4 Å². The Morgan fingerprint density at radius 1 is 1.21 bits per heavy atom. The molecule has 0 unspecified atom stereocenters. The first-order valence-corrected chi connectivity index (χ1v) is 10.2. The molecule has 33 heavy (non-hydrogen) atoms. The number of pyridine rings is 2. The zero-order valence-electron chi connectivity index (χ0n) is 18.6. The Morgan fingerprint density at radius 2 is 1.91 bits per heavy atom. The molecule has 9 nitrogen and oxygen atoms in total. The van der Waals surface area contributed by atoms with Gasteiger partial charge in [-0.15, -0.1) is 0 Å². The van der Waals surface area contributed by atoms with E-state index in [0.717, 1.165) is 10.1 Å². The van der Waals surface area contributed by atoms with Crippen LogP contribution in [0.1, 0.15) is 21.5 Å². The summed E-state index contributed by atoms with van der Waals surface area (Å²) in [6, 6.07) is 7.58. The summed E-state index contributed by atoms with van der Waals surface area (Å²) >= 11 is 0. The van der Waals surface area contributed by atoms with Crippen LogP contribution in [-0.4, -0.2) is 65.7 Å². The van der Waals surface area contributed by atoms with Crippen molar-refractivity contribution in [3.05, 3.63) is 69.4 Å². The molecule has 0 aliphatic rings. The summed E-state index contributed by atoms with van der Waals surface area (Å²) in [6.07, 6.45) is 1.89. The van der Waals surface area contributed by atoms with Gasteiger partial charge in [0.25, 0.3) is 11.5 Å². The highest BCUT2D eigenvalue weighted by molar-refractivity contribution is 6.01. The molecule has 1 aromatic carbocycles. The molecule has 2 aromatic heterocycles. The molecular weight excluding hydrogens is 431 g/mol. The number of aromatic nitrogens is 2. The minimum absolute atomic E-state index is 0.0147. The average molecular weight is 456 g/mol. The minimum Gasteiger partial charge on any atom is -0.505 e. The molecule has 2 N–H and O–H groups in total. The number of aromatic hydroxyl groups is 1. The van der Waals surface area contributed by atoms with Gasteiger partial charge < -0.3 is 20.1 Å². The van der Waals surface area contributed by atoms with Crippen LogP contribution in [0.3, 0.4) is 0 Å². The number of halogens is 1. The lowest BCUT2D eigenvalue weighted by Crippen LogP contribution is -2.37. The third kappa shape index (κ3) is 5.35. The number of carbonyl (C=O) groups excluding carboxylic acids is 2. The zero-order valence-corrected chi connectivity index (χ0v) is 18.6.